The molecule has 0 fully saturated rings. The molecular formula is C21H22FNO5. The number of esters is 1. The first kappa shape index (κ1) is 21.0. The zero-order chi connectivity index (χ0) is 20.5. The van der Waals surface area contributed by atoms with Gasteiger partial charge in [-0.2, -0.15) is 0 Å². The van der Waals surface area contributed by atoms with Crippen molar-refractivity contribution in [2.24, 2.45) is 0 Å². The van der Waals surface area contributed by atoms with E-state index in [-0.39, 0.29) is 11.9 Å². The van der Waals surface area contributed by atoms with Crippen molar-refractivity contribution in [3.63, 3.8) is 0 Å². The Hall–Kier alpha value is -3.35. The molecule has 0 aliphatic rings. The summed E-state index contributed by atoms with van der Waals surface area (Å²) in [5.74, 6) is -0.304. The van der Waals surface area contributed by atoms with E-state index in [1.165, 1.54) is 38.5 Å². The second-order valence-electron chi connectivity index (χ2n) is 5.89. The normalized spacial score (nSPS) is 11.7. The Labute approximate surface area is 162 Å². The number of ether oxygens (including phenoxy) is 3. The van der Waals surface area contributed by atoms with E-state index in [2.05, 4.69) is 5.32 Å². The van der Waals surface area contributed by atoms with Gasteiger partial charge in [0.25, 0.3) is 5.91 Å². The largest absolute Gasteiger partial charge is 0.497 e. The van der Waals surface area contributed by atoms with Gasteiger partial charge >= 0.3 is 5.97 Å². The van der Waals surface area contributed by atoms with Gasteiger partial charge in [0.2, 0.25) is 0 Å². The molecule has 0 radical (unpaired) electrons. The fraction of sp³-hybridized carbons (Fsp3) is 0.238. The Kier molecular flexibility index (Phi) is 7.56. The lowest BCUT2D eigenvalue weighted by Crippen LogP contribution is -2.30. The second kappa shape index (κ2) is 10.1. The van der Waals surface area contributed by atoms with Crippen molar-refractivity contribution in [1.82, 2.24) is 5.32 Å². The molecule has 0 aliphatic heterocycles. The first-order chi connectivity index (χ1) is 13.4. The van der Waals surface area contributed by atoms with Crippen LogP contribution in [0.1, 0.15) is 24.1 Å². The van der Waals surface area contributed by atoms with Gasteiger partial charge in [-0.15, -0.1) is 0 Å². The Morgan fingerprint density at radius 2 is 1.82 bits per heavy atom. The molecule has 2 aromatic rings. The summed E-state index contributed by atoms with van der Waals surface area (Å²) in [5, 5.41) is 2.68. The molecule has 0 aromatic heterocycles. The highest BCUT2D eigenvalue weighted by Gasteiger charge is 2.11. The molecule has 1 atom stereocenters. The van der Waals surface area contributed by atoms with Gasteiger partial charge in [-0.1, -0.05) is 12.1 Å². The Bertz CT molecular complexity index is 848. The van der Waals surface area contributed by atoms with Crippen LogP contribution in [0.4, 0.5) is 4.39 Å². The molecule has 1 amide bonds. The maximum Gasteiger partial charge on any atom is 0.331 e. The van der Waals surface area contributed by atoms with Gasteiger partial charge in [0.05, 0.1) is 20.3 Å². The molecule has 0 spiro atoms. The fourth-order valence-corrected chi connectivity index (χ4v) is 2.43. The zero-order valence-electron chi connectivity index (χ0n) is 15.9. The highest BCUT2D eigenvalue weighted by atomic mass is 19.1. The van der Waals surface area contributed by atoms with Crippen molar-refractivity contribution in [3.8, 4) is 11.5 Å². The molecule has 0 bridgehead atoms. The number of hydrogen-bond donors (Lipinski definition) is 1. The third-order valence-electron chi connectivity index (χ3n) is 3.93. The monoisotopic (exact) mass is 387 g/mol. The molecule has 0 aliphatic carbocycles. The molecule has 0 heterocycles. The van der Waals surface area contributed by atoms with Crippen molar-refractivity contribution < 1.29 is 28.2 Å². The molecule has 2 rings (SSSR count). The van der Waals surface area contributed by atoms with Gasteiger partial charge in [-0.25, -0.2) is 9.18 Å². The minimum atomic E-state index is -0.672. The minimum absolute atomic E-state index is 0.344. The summed E-state index contributed by atoms with van der Waals surface area (Å²) in [6.45, 7) is 1.33. The van der Waals surface area contributed by atoms with Gasteiger partial charge in [-0.05, 0) is 48.9 Å². The summed E-state index contributed by atoms with van der Waals surface area (Å²) in [6.07, 6.45) is 2.72. The van der Waals surface area contributed by atoms with Crippen molar-refractivity contribution in [1.29, 1.82) is 0 Å². The van der Waals surface area contributed by atoms with Gasteiger partial charge in [0.15, 0.2) is 6.61 Å². The number of carbonyl (C=O) groups excluding carboxylic acids is 2. The summed E-state index contributed by atoms with van der Waals surface area (Å²) in [5.41, 5.74) is 1.37. The molecule has 0 saturated carbocycles. The number of benzene rings is 2. The van der Waals surface area contributed by atoms with Crippen LogP contribution in [-0.2, 0) is 14.3 Å². The highest BCUT2D eigenvalue weighted by molar-refractivity contribution is 5.89. The first-order valence-electron chi connectivity index (χ1n) is 8.54. The maximum atomic E-state index is 12.9. The van der Waals surface area contributed by atoms with Gasteiger partial charge in [0.1, 0.15) is 17.3 Å². The smallest absolute Gasteiger partial charge is 0.331 e. The van der Waals surface area contributed by atoms with Gasteiger partial charge in [-0.3, -0.25) is 4.79 Å². The Balaban J connectivity index is 1.87. The van der Waals surface area contributed by atoms with E-state index in [4.69, 9.17) is 14.2 Å². The van der Waals surface area contributed by atoms with Crippen LogP contribution in [0.5, 0.6) is 11.5 Å². The van der Waals surface area contributed by atoms with E-state index in [1.807, 2.05) is 0 Å². The number of halogens is 1. The predicted molar refractivity (Wildman–Crippen MR) is 102 cm³/mol. The van der Waals surface area contributed by atoms with Crippen LogP contribution in [0.15, 0.2) is 48.5 Å². The lowest BCUT2D eigenvalue weighted by molar-refractivity contribution is -0.144. The molecule has 7 heteroatoms. The number of carbonyl (C=O) groups is 2. The number of hydrogen-bond acceptors (Lipinski definition) is 5. The predicted octanol–water partition coefficient (Wildman–Crippen LogP) is 3.28. The van der Waals surface area contributed by atoms with E-state index < -0.39 is 18.5 Å². The summed E-state index contributed by atoms with van der Waals surface area (Å²) in [7, 11) is 3.05. The number of nitrogens with one attached hydrogen (secondary N) is 1. The molecular weight excluding hydrogens is 365 g/mol. The van der Waals surface area contributed by atoms with Crippen LogP contribution < -0.4 is 14.8 Å². The number of rotatable bonds is 8. The van der Waals surface area contributed by atoms with E-state index in [1.54, 1.807) is 37.3 Å². The summed E-state index contributed by atoms with van der Waals surface area (Å²) in [4.78, 5) is 23.8. The third-order valence-corrected chi connectivity index (χ3v) is 3.93. The van der Waals surface area contributed by atoms with Crippen LogP contribution in [0, 0.1) is 5.82 Å². The molecule has 6 nitrogen and oxygen atoms in total. The molecule has 1 N–H and O–H groups in total. The van der Waals surface area contributed by atoms with Crippen LogP contribution in [-0.4, -0.2) is 32.7 Å². The quantitative estimate of drug-likeness (QED) is 0.556. The van der Waals surface area contributed by atoms with Crippen LogP contribution in [0.25, 0.3) is 6.08 Å². The maximum absolute atomic E-state index is 12.9. The van der Waals surface area contributed by atoms with Crippen molar-refractivity contribution in [2.45, 2.75) is 13.0 Å². The van der Waals surface area contributed by atoms with E-state index in [0.717, 1.165) is 5.56 Å². The molecule has 0 unspecified atom stereocenters. The van der Waals surface area contributed by atoms with Crippen molar-refractivity contribution >= 4 is 18.0 Å². The lowest BCUT2D eigenvalue weighted by atomic mass is 10.1. The number of methoxy groups -OCH3 is 2. The van der Waals surface area contributed by atoms with E-state index >= 15 is 0 Å². The molecule has 148 valence electrons. The average Bonchev–Trinajstić information content (AvgIpc) is 2.70. The standard InChI is InChI=1S/C21H22FNO5/c1-14(15-4-7-17(22)8-5-15)23-20(24)13-28-21(25)11-6-16-12-18(26-2)9-10-19(16)27-3/h4-12,14H,13H2,1-3H3,(H,23,24)/b11-6+/t14-/m1/s1. The van der Waals surface area contributed by atoms with Gasteiger partial charge in [0, 0.05) is 11.6 Å². The lowest BCUT2D eigenvalue weighted by Gasteiger charge is -2.14. The number of amides is 1. The summed E-state index contributed by atoms with van der Waals surface area (Å²) in [6, 6.07) is 10.6. The topological polar surface area (TPSA) is 73.9 Å². The Morgan fingerprint density at radius 1 is 1.11 bits per heavy atom. The first-order valence-corrected chi connectivity index (χ1v) is 8.54. The van der Waals surface area contributed by atoms with Crippen LogP contribution in [0.2, 0.25) is 0 Å². The molecule has 28 heavy (non-hydrogen) atoms. The Morgan fingerprint density at radius 3 is 2.46 bits per heavy atom. The zero-order valence-corrected chi connectivity index (χ0v) is 15.9. The molecule has 2 aromatic carbocycles. The summed E-state index contributed by atoms with van der Waals surface area (Å²) >= 11 is 0. The third kappa shape index (κ3) is 6.12. The minimum Gasteiger partial charge on any atom is -0.497 e. The average molecular weight is 387 g/mol. The highest BCUT2D eigenvalue weighted by Crippen LogP contribution is 2.25. The summed E-state index contributed by atoms with van der Waals surface area (Å²) < 4.78 is 28.2. The second-order valence-corrected chi connectivity index (χ2v) is 5.89. The fourth-order valence-electron chi connectivity index (χ4n) is 2.43. The van der Waals surface area contributed by atoms with E-state index in [0.29, 0.717) is 17.1 Å². The SMILES string of the molecule is COc1ccc(OC)c(/C=C/C(=O)OCC(=O)N[C@H](C)c2ccc(F)cc2)c1. The van der Waals surface area contributed by atoms with Gasteiger partial charge < -0.3 is 19.5 Å². The molecule has 0 saturated heterocycles. The van der Waals surface area contributed by atoms with Crippen LogP contribution >= 0.6 is 0 Å². The van der Waals surface area contributed by atoms with Crippen molar-refractivity contribution in [3.05, 3.63) is 65.5 Å². The van der Waals surface area contributed by atoms with Crippen molar-refractivity contribution in [2.75, 3.05) is 20.8 Å². The van der Waals surface area contributed by atoms with Crippen LogP contribution in [0.3, 0.4) is 0 Å². The van der Waals surface area contributed by atoms with E-state index in [9.17, 15) is 14.0 Å².